The number of benzene rings is 1. The number of aromatic amines is 1. The fraction of sp³-hybridized carbons (Fsp3) is 0.182. The van der Waals surface area contributed by atoms with Crippen molar-refractivity contribution in [3.63, 3.8) is 0 Å². The van der Waals surface area contributed by atoms with Crippen LogP contribution in [0.4, 0.5) is 0 Å². The van der Waals surface area contributed by atoms with Crippen LogP contribution in [0.2, 0.25) is 0 Å². The van der Waals surface area contributed by atoms with E-state index in [0.29, 0.717) is 5.39 Å². The van der Waals surface area contributed by atoms with E-state index in [1.54, 1.807) is 12.3 Å². The Labute approximate surface area is 81.6 Å². The van der Waals surface area contributed by atoms with Crippen LogP contribution in [0.25, 0.3) is 10.8 Å². The van der Waals surface area contributed by atoms with Gasteiger partial charge in [-0.05, 0) is 23.9 Å². The molecule has 1 unspecified atom stereocenters. The Morgan fingerprint density at radius 2 is 1.93 bits per heavy atom. The molecule has 1 aromatic heterocycles. The average Bonchev–Trinajstić information content (AvgIpc) is 2.18. The number of nitrogens with two attached hydrogens (primary N) is 1. The van der Waals surface area contributed by atoms with E-state index < -0.39 is 0 Å². The third kappa shape index (κ3) is 1.32. The zero-order valence-electron chi connectivity index (χ0n) is 7.95. The van der Waals surface area contributed by atoms with Gasteiger partial charge in [-0.15, -0.1) is 0 Å². The summed E-state index contributed by atoms with van der Waals surface area (Å²) >= 11 is 0. The van der Waals surface area contributed by atoms with Crippen LogP contribution in [-0.2, 0) is 0 Å². The van der Waals surface area contributed by atoms with Gasteiger partial charge >= 0.3 is 0 Å². The summed E-state index contributed by atoms with van der Waals surface area (Å²) in [6, 6.07) is 7.41. The van der Waals surface area contributed by atoms with Gasteiger partial charge in [0.25, 0.3) is 5.56 Å². The van der Waals surface area contributed by atoms with Gasteiger partial charge in [0.2, 0.25) is 0 Å². The van der Waals surface area contributed by atoms with Crippen LogP contribution in [0.15, 0.2) is 35.3 Å². The molecular formula is C11H12N2O. The van der Waals surface area contributed by atoms with Crippen LogP contribution in [-0.4, -0.2) is 4.98 Å². The van der Waals surface area contributed by atoms with Gasteiger partial charge in [0.05, 0.1) is 0 Å². The summed E-state index contributed by atoms with van der Waals surface area (Å²) in [5.74, 6) is 0. The molecule has 0 radical (unpaired) electrons. The summed E-state index contributed by atoms with van der Waals surface area (Å²) in [7, 11) is 0. The molecule has 0 aliphatic rings. The zero-order valence-corrected chi connectivity index (χ0v) is 7.95. The Balaban J connectivity index is 2.89. The Morgan fingerprint density at radius 1 is 1.29 bits per heavy atom. The van der Waals surface area contributed by atoms with Crippen molar-refractivity contribution in [2.24, 2.45) is 5.73 Å². The van der Waals surface area contributed by atoms with Gasteiger partial charge in [0.1, 0.15) is 0 Å². The first-order chi connectivity index (χ1) is 6.70. The molecule has 0 fully saturated rings. The maximum atomic E-state index is 11.5. The second-order valence-corrected chi connectivity index (χ2v) is 3.41. The first kappa shape index (κ1) is 8.97. The first-order valence-corrected chi connectivity index (χ1v) is 4.56. The molecule has 0 bridgehead atoms. The predicted octanol–water partition coefficient (Wildman–Crippen LogP) is 1.55. The van der Waals surface area contributed by atoms with Crippen molar-refractivity contribution in [1.29, 1.82) is 0 Å². The lowest BCUT2D eigenvalue weighted by molar-refractivity contribution is 0.820. The lowest BCUT2D eigenvalue weighted by Gasteiger charge is -2.08. The molecule has 3 N–H and O–H groups in total. The minimum Gasteiger partial charge on any atom is -0.328 e. The summed E-state index contributed by atoms with van der Waals surface area (Å²) in [5.41, 5.74) is 6.72. The summed E-state index contributed by atoms with van der Waals surface area (Å²) in [6.07, 6.45) is 1.69. The number of fused-ring (bicyclic) bond motifs is 1. The topological polar surface area (TPSA) is 58.9 Å². The van der Waals surface area contributed by atoms with Crippen LogP contribution in [0.5, 0.6) is 0 Å². The monoisotopic (exact) mass is 188 g/mol. The Morgan fingerprint density at radius 3 is 2.57 bits per heavy atom. The lowest BCUT2D eigenvalue weighted by atomic mass is 10.0. The number of nitrogens with one attached hydrogen (secondary N) is 1. The molecule has 0 aliphatic heterocycles. The van der Waals surface area contributed by atoms with Gasteiger partial charge in [-0.1, -0.05) is 18.2 Å². The molecule has 14 heavy (non-hydrogen) atoms. The highest BCUT2D eigenvalue weighted by atomic mass is 16.1. The molecule has 2 aromatic rings. The van der Waals surface area contributed by atoms with E-state index in [0.717, 1.165) is 10.9 Å². The Bertz CT molecular complexity index is 514. The zero-order chi connectivity index (χ0) is 10.1. The van der Waals surface area contributed by atoms with E-state index >= 15 is 0 Å². The molecule has 2 rings (SSSR count). The SMILES string of the molecule is CC(N)c1c[nH]c(=O)c2ccccc12. The summed E-state index contributed by atoms with van der Waals surface area (Å²) in [5, 5.41) is 1.63. The quantitative estimate of drug-likeness (QED) is 0.713. The summed E-state index contributed by atoms with van der Waals surface area (Å²) in [6.45, 7) is 1.90. The molecule has 0 aliphatic carbocycles. The van der Waals surface area contributed by atoms with E-state index in [2.05, 4.69) is 4.98 Å². The number of hydrogen-bond donors (Lipinski definition) is 2. The highest BCUT2D eigenvalue weighted by molar-refractivity contribution is 5.84. The van der Waals surface area contributed by atoms with Crippen molar-refractivity contribution in [1.82, 2.24) is 4.98 Å². The van der Waals surface area contributed by atoms with Crippen LogP contribution < -0.4 is 11.3 Å². The molecule has 0 amide bonds. The standard InChI is InChI=1S/C11H12N2O/c1-7(12)10-6-13-11(14)9-5-3-2-4-8(9)10/h2-7H,12H2,1H3,(H,13,14). The van der Waals surface area contributed by atoms with Gasteiger partial charge in [0.15, 0.2) is 0 Å². The van der Waals surface area contributed by atoms with Crippen LogP contribution in [0.3, 0.4) is 0 Å². The lowest BCUT2D eigenvalue weighted by Crippen LogP contribution is -2.12. The number of aromatic nitrogens is 1. The predicted molar refractivity (Wildman–Crippen MR) is 57.2 cm³/mol. The summed E-state index contributed by atoms with van der Waals surface area (Å²) in [4.78, 5) is 14.1. The number of H-pyrrole nitrogens is 1. The van der Waals surface area contributed by atoms with Gasteiger partial charge < -0.3 is 10.7 Å². The van der Waals surface area contributed by atoms with Crippen LogP contribution in [0.1, 0.15) is 18.5 Å². The number of hydrogen-bond acceptors (Lipinski definition) is 2. The molecular weight excluding hydrogens is 176 g/mol. The smallest absolute Gasteiger partial charge is 0.255 e. The first-order valence-electron chi connectivity index (χ1n) is 4.56. The minimum absolute atomic E-state index is 0.0648. The Hall–Kier alpha value is -1.61. The van der Waals surface area contributed by atoms with Crippen molar-refractivity contribution in [2.45, 2.75) is 13.0 Å². The normalized spacial score (nSPS) is 13.0. The van der Waals surface area contributed by atoms with Crippen molar-refractivity contribution < 1.29 is 0 Å². The van der Waals surface area contributed by atoms with E-state index in [1.807, 2.05) is 25.1 Å². The fourth-order valence-corrected chi connectivity index (χ4v) is 1.61. The molecule has 72 valence electrons. The molecule has 1 aromatic carbocycles. The maximum absolute atomic E-state index is 11.5. The van der Waals surface area contributed by atoms with Crippen molar-refractivity contribution in [3.05, 3.63) is 46.4 Å². The van der Waals surface area contributed by atoms with Gasteiger partial charge in [-0.2, -0.15) is 0 Å². The second-order valence-electron chi connectivity index (χ2n) is 3.41. The molecule has 3 heteroatoms. The molecule has 1 heterocycles. The van der Waals surface area contributed by atoms with Crippen molar-refractivity contribution in [2.75, 3.05) is 0 Å². The minimum atomic E-state index is -0.0725. The second kappa shape index (κ2) is 3.27. The largest absolute Gasteiger partial charge is 0.328 e. The maximum Gasteiger partial charge on any atom is 0.255 e. The molecule has 3 nitrogen and oxygen atoms in total. The highest BCUT2D eigenvalue weighted by Gasteiger charge is 2.06. The molecule has 0 saturated heterocycles. The average molecular weight is 188 g/mol. The number of pyridine rings is 1. The number of rotatable bonds is 1. The van der Waals surface area contributed by atoms with Gasteiger partial charge in [0, 0.05) is 17.6 Å². The van der Waals surface area contributed by atoms with Crippen molar-refractivity contribution >= 4 is 10.8 Å². The molecule has 1 atom stereocenters. The van der Waals surface area contributed by atoms with Gasteiger partial charge in [-0.25, -0.2) is 0 Å². The third-order valence-corrected chi connectivity index (χ3v) is 2.33. The van der Waals surface area contributed by atoms with E-state index in [-0.39, 0.29) is 11.6 Å². The summed E-state index contributed by atoms with van der Waals surface area (Å²) < 4.78 is 0. The third-order valence-electron chi connectivity index (χ3n) is 2.33. The van der Waals surface area contributed by atoms with Crippen molar-refractivity contribution in [3.8, 4) is 0 Å². The highest BCUT2D eigenvalue weighted by Crippen LogP contribution is 2.18. The van der Waals surface area contributed by atoms with E-state index in [4.69, 9.17) is 5.73 Å². The van der Waals surface area contributed by atoms with Crippen LogP contribution in [0, 0.1) is 0 Å². The molecule has 0 saturated carbocycles. The van der Waals surface area contributed by atoms with Crippen LogP contribution >= 0.6 is 0 Å². The fourth-order valence-electron chi connectivity index (χ4n) is 1.61. The van der Waals surface area contributed by atoms with E-state index in [9.17, 15) is 4.79 Å². The van der Waals surface area contributed by atoms with Gasteiger partial charge in [-0.3, -0.25) is 4.79 Å². The molecule has 0 spiro atoms. The van der Waals surface area contributed by atoms with E-state index in [1.165, 1.54) is 0 Å². The Kier molecular flexibility index (Phi) is 2.09.